The van der Waals surface area contributed by atoms with Crippen molar-refractivity contribution in [2.24, 2.45) is 11.3 Å². The lowest BCUT2D eigenvalue weighted by Gasteiger charge is -2.46. The average Bonchev–Trinajstić information content (AvgIpc) is 2.56. The Kier molecular flexibility index (Phi) is 2.89. The molecule has 1 heterocycles. The summed E-state index contributed by atoms with van der Waals surface area (Å²) >= 11 is 0. The van der Waals surface area contributed by atoms with E-state index in [0.717, 1.165) is 25.6 Å². The number of aliphatic hydroxyl groups is 1. The van der Waals surface area contributed by atoms with Gasteiger partial charge in [0.15, 0.2) is 0 Å². The van der Waals surface area contributed by atoms with E-state index >= 15 is 0 Å². The van der Waals surface area contributed by atoms with E-state index in [-0.39, 0.29) is 0 Å². The molecule has 2 rings (SSSR count). The van der Waals surface area contributed by atoms with Crippen molar-refractivity contribution in [2.45, 2.75) is 38.5 Å². The standard InChI is InChI=1S/C11H20O2/c12-7-3-6-11(8-13-9-11)10-4-1-2-5-10/h10,12H,1-9H2. The summed E-state index contributed by atoms with van der Waals surface area (Å²) in [5, 5.41) is 8.85. The highest BCUT2D eigenvalue weighted by atomic mass is 16.5. The van der Waals surface area contributed by atoms with Crippen LogP contribution in [0.5, 0.6) is 0 Å². The van der Waals surface area contributed by atoms with Crippen LogP contribution in [-0.2, 0) is 4.74 Å². The van der Waals surface area contributed by atoms with Gasteiger partial charge in [0.25, 0.3) is 0 Å². The third-order valence-corrected chi connectivity index (χ3v) is 3.83. The van der Waals surface area contributed by atoms with Crippen molar-refractivity contribution >= 4 is 0 Å². The van der Waals surface area contributed by atoms with Gasteiger partial charge in [0.05, 0.1) is 13.2 Å². The highest BCUT2D eigenvalue weighted by Gasteiger charge is 2.45. The van der Waals surface area contributed by atoms with E-state index in [1.54, 1.807) is 0 Å². The van der Waals surface area contributed by atoms with E-state index in [2.05, 4.69) is 0 Å². The maximum absolute atomic E-state index is 8.85. The Morgan fingerprint density at radius 2 is 1.92 bits per heavy atom. The number of rotatable bonds is 4. The van der Waals surface area contributed by atoms with E-state index in [1.165, 1.54) is 32.1 Å². The molecular formula is C11H20O2. The highest BCUT2D eigenvalue weighted by molar-refractivity contribution is 4.93. The summed E-state index contributed by atoms with van der Waals surface area (Å²) in [7, 11) is 0. The van der Waals surface area contributed by atoms with Gasteiger partial charge in [-0.25, -0.2) is 0 Å². The zero-order chi connectivity index (χ0) is 9.15. The molecule has 0 unspecified atom stereocenters. The van der Waals surface area contributed by atoms with Gasteiger partial charge in [-0.1, -0.05) is 12.8 Å². The van der Waals surface area contributed by atoms with Crippen LogP contribution in [0.1, 0.15) is 38.5 Å². The first-order chi connectivity index (χ1) is 6.37. The molecule has 2 nitrogen and oxygen atoms in total. The topological polar surface area (TPSA) is 29.5 Å². The van der Waals surface area contributed by atoms with Crippen molar-refractivity contribution in [1.29, 1.82) is 0 Å². The van der Waals surface area contributed by atoms with Crippen molar-refractivity contribution in [2.75, 3.05) is 19.8 Å². The Morgan fingerprint density at radius 1 is 1.23 bits per heavy atom. The molecule has 0 aromatic heterocycles. The minimum Gasteiger partial charge on any atom is -0.396 e. The molecule has 1 saturated heterocycles. The molecular weight excluding hydrogens is 164 g/mol. The first-order valence-electron chi connectivity index (χ1n) is 5.56. The zero-order valence-electron chi connectivity index (χ0n) is 8.30. The van der Waals surface area contributed by atoms with Gasteiger partial charge in [-0.3, -0.25) is 0 Å². The van der Waals surface area contributed by atoms with Gasteiger partial charge in [0, 0.05) is 12.0 Å². The molecule has 0 spiro atoms. The smallest absolute Gasteiger partial charge is 0.0547 e. The van der Waals surface area contributed by atoms with Crippen molar-refractivity contribution < 1.29 is 9.84 Å². The molecule has 0 bridgehead atoms. The fraction of sp³-hybridized carbons (Fsp3) is 1.00. The lowest BCUT2D eigenvalue weighted by atomic mass is 9.70. The van der Waals surface area contributed by atoms with Crippen LogP contribution < -0.4 is 0 Å². The molecule has 0 atom stereocenters. The molecule has 76 valence electrons. The lowest BCUT2D eigenvalue weighted by Crippen LogP contribution is -2.47. The summed E-state index contributed by atoms with van der Waals surface area (Å²) in [6.07, 6.45) is 7.74. The van der Waals surface area contributed by atoms with Crippen LogP contribution in [0, 0.1) is 11.3 Å². The predicted molar refractivity (Wildman–Crippen MR) is 51.5 cm³/mol. The Morgan fingerprint density at radius 3 is 2.38 bits per heavy atom. The molecule has 0 amide bonds. The van der Waals surface area contributed by atoms with Gasteiger partial charge in [0.2, 0.25) is 0 Å². The normalized spacial score (nSPS) is 27.5. The lowest BCUT2D eigenvalue weighted by molar-refractivity contribution is -0.150. The van der Waals surface area contributed by atoms with Crippen LogP contribution in [0.25, 0.3) is 0 Å². The van der Waals surface area contributed by atoms with Gasteiger partial charge in [0.1, 0.15) is 0 Å². The second-order valence-electron chi connectivity index (χ2n) is 4.66. The number of ether oxygens (including phenoxy) is 1. The van der Waals surface area contributed by atoms with Crippen molar-refractivity contribution in [1.82, 2.24) is 0 Å². The summed E-state index contributed by atoms with van der Waals surface area (Å²) in [6, 6.07) is 0. The Bertz CT molecular complexity index is 157. The summed E-state index contributed by atoms with van der Waals surface area (Å²) in [6.45, 7) is 2.25. The first kappa shape index (κ1) is 9.47. The first-order valence-corrected chi connectivity index (χ1v) is 5.56. The predicted octanol–water partition coefficient (Wildman–Crippen LogP) is 1.97. The van der Waals surface area contributed by atoms with Crippen LogP contribution in [0.15, 0.2) is 0 Å². The molecule has 0 radical (unpaired) electrons. The monoisotopic (exact) mass is 184 g/mol. The molecule has 13 heavy (non-hydrogen) atoms. The molecule has 2 aliphatic rings. The second kappa shape index (κ2) is 3.97. The molecule has 2 heteroatoms. The maximum atomic E-state index is 8.85. The van der Waals surface area contributed by atoms with Crippen LogP contribution in [0.2, 0.25) is 0 Å². The maximum Gasteiger partial charge on any atom is 0.0547 e. The fourth-order valence-corrected chi connectivity index (χ4v) is 2.92. The Hall–Kier alpha value is -0.0800. The van der Waals surface area contributed by atoms with E-state index in [9.17, 15) is 0 Å². The van der Waals surface area contributed by atoms with Gasteiger partial charge < -0.3 is 9.84 Å². The largest absolute Gasteiger partial charge is 0.396 e. The van der Waals surface area contributed by atoms with Crippen molar-refractivity contribution in [3.63, 3.8) is 0 Å². The van der Waals surface area contributed by atoms with Gasteiger partial charge in [-0.2, -0.15) is 0 Å². The molecule has 1 saturated carbocycles. The molecule has 1 aliphatic heterocycles. The fourth-order valence-electron chi connectivity index (χ4n) is 2.92. The van der Waals surface area contributed by atoms with Gasteiger partial charge in [-0.15, -0.1) is 0 Å². The van der Waals surface area contributed by atoms with E-state index in [0.29, 0.717) is 12.0 Å². The third kappa shape index (κ3) is 1.75. The number of hydrogen-bond acceptors (Lipinski definition) is 2. The van der Waals surface area contributed by atoms with Crippen LogP contribution in [-0.4, -0.2) is 24.9 Å². The minimum absolute atomic E-state index is 0.342. The van der Waals surface area contributed by atoms with Crippen molar-refractivity contribution in [3.05, 3.63) is 0 Å². The number of aliphatic hydroxyl groups excluding tert-OH is 1. The van der Waals surface area contributed by atoms with Gasteiger partial charge in [-0.05, 0) is 31.6 Å². The summed E-state index contributed by atoms with van der Waals surface area (Å²) in [5.41, 5.74) is 0.471. The third-order valence-electron chi connectivity index (χ3n) is 3.83. The summed E-state index contributed by atoms with van der Waals surface area (Å²) in [5.74, 6) is 0.896. The van der Waals surface area contributed by atoms with E-state index < -0.39 is 0 Å². The minimum atomic E-state index is 0.342. The summed E-state index contributed by atoms with van der Waals surface area (Å²) < 4.78 is 5.37. The number of hydrogen-bond donors (Lipinski definition) is 1. The van der Waals surface area contributed by atoms with Crippen molar-refractivity contribution in [3.8, 4) is 0 Å². The average molecular weight is 184 g/mol. The van der Waals surface area contributed by atoms with Crippen LogP contribution in [0.3, 0.4) is 0 Å². The Labute approximate surface area is 80.3 Å². The Balaban J connectivity index is 1.89. The SMILES string of the molecule is OCCCC1(C2CCCC2)COC1. The van der Waals surface area contributed by atoms with Gasteiger partial charge >= 0.3 is 0 Å². The molecule has 0 aromatic carbocycles. The molecule has 1 N–H and O–H groups in total. The van der Waals surface area contributed by atoms with E-state index in [4.69, 9.17) is 9.84 Å². The summed E-state index contributed by atoms with van der Waals surface area (Å²) in [4.78, 5) is 0. The second-order valence-corrected chi connectivity index (χ2v) is 4.66. The zero-order valence-corrected chi connectivity index (χ0v) is 8.30. The van der Waals surface area contributed by atoms with Crippen LogP contribution >= 0.6 is 0 Å². The highest BCUT2D eigenvalue weighted by Crippen LogP contribution is 2.47. The van der Waals surface area contributed by atoms with Crippen LogP contribution in [0.4, 0.5) is 0 Å². The molecule has 2 fully saturated rings. The quantitative estimate of drug-likeness (QED) is 0.723. The van der Waals surface area contributed by atoms with E-state index in [1.807, 2.05) is 0 Å². The molecule has 1 aliphatic carbocycles. The molecule has 0 aromatic rings.